The molecule has 15 heavy (non-hydrogen) atoms. The highest BCUT2D eigenvalue weighted by molar-refractivity contribution is 5.40. The third kappa shape index (κ3) is 1.78. The lowest BCUT2D eigenvalue weighted by atomic mass is 10.1. The summed E-state index contributed by atoms with van der Waals surface area (Å²) in [6, 6.07) is 6.30. The fraction of sp³-hybridized carbons (Fsp3) is 0.250. The Hall–Kier alpha value is -1.61. The van der Waals surface area contributed by atoms with Crippen molar-refractivity contribution in [1.29, 1.82) is 0 Å². The Balaban J connectivity index is 2.51. The van der Waals surface area contributed by atoms with E-state index in [-0.39, 0.29) is 0 Å². The van der Waals surface area contributed by atoms with Gasteiger partial charge in [-0.25, -0.2) is 4.98 Å². The number of nitrogens with zero attached hydrogens (tertiary/aromatic N) is 2. The average molecular weight is 201 g/mol. The molecule has 0 amide bonds. The summed E-state index contributed by atoms with van der Waals surface area (Å²) in [6.07, 6.45) is 3.76. The number of aryl methyl sites for hydroxylation is 2. The summed E-state index contributed by atoms with van der Waals surface area (Å²) in [5.41, 5.74) is 9.22. The summed E-state index contributed by atoms with van der Waals surface area (Å²) >= 11 is 0. The molecule has 1 aromatic carbocycles. The quantitative estimate of drug-likeness (QED) is 0.807. The van der Waals surface area contributed by atoms with E-state index >= 15 is 0 Å². The molecule has 0 atom stereocenters. The van der Waals surface area contributed by atoms with Crippen LogP contribution in [0.2, 0.25) is 0 Å². The van der Waals surface area contributed by atoms with Crippen molar-refractivity contribution in [1.82, 2.24) is 9.55 Å². The zero-order valence-electron chi connectivity index (χ0n) is 9.07. The number of rotatable bonds is 2. The van der Waals surface area contributed by atoms with Crippen LogP contribution in [0.4, 0.5) is 0 Å². The Bertz CT molecular complexity index is 471. The van der Waals surface area contributed by atoms with Gasteiger partial charge in [-0.2, -0.15) is 0 Å². The van der Waals surface area contributed by atoms with Gasteiger partial charge in [-0.3, -0.25) is 0 Å². The summed E-state index contributed by atoms with van der Waals surface area (Å²) in [6.45, 7) is 4.64. The van der Waals surface area contributed by atoms with Gasteiger partial charge in [0.15, 0.2) is 0 Å². The minimum Gasteiger partial charge on any atom is -0.326 e. The molecule has 0 bridgehead atoms. The van der Waals surface area contributed by atoms with Crippen molar-refractivity contribution in [2.75, 3.05) is 0 Å². The van der Waals surface area contributed by atoms with E-state index < -0.39 is 0 Å². The molecule has 0 fully saturated rings. The van der Waals surface area contributed by atoms with E-state index in [4.69, 9.17) is 5.73 Å². The zero-order valence-corrected chi connectivity index (χ0v) is 9.07. The number of nitrogens with two attached hydrogens (primary N) is 1. The van der Waals surface area contributed by atoms with E-state index in [9.17, 15) is 0 Å². The molecule has 0 radical (unpaired) electrons. The maximum absolute atomic E-state index is 5.69. The van der Waals surface area contributed by atoms with E-state index in [2.05, 4.69) is 34.7 Å². The first-order valence-electron chi connectivity index (χ1n) is 5.02. The SMILES string of the molecule is Cc1ccc(-n2ccnc2C)cc1CN. The molecule has 2 aromatic rings. The van der Waals surface area contributed by atoms with Crippen LogP contribution in [0, 0.1) is 13.8 Å². The molecule has 1 aromatic heterocycles. The second kappa shape index (κ2) is 3.87. The van der Waals surface area contributed by atoms with Crippen LogP contribution in [0.25, 0.3) is 5.69 Å². The van der Waals surface area contributed by atoms with Crippen LogP contribution >= 0.6 is 0 Å². The van der Waals surface area contributed by atoms with Crippen LogP contribution < -0.4 is 5.73 Å². The van der Waals surface area contributed by atoms with Crippen molar-refractivity contribution < 1.29 is 0 Å². The monoisotopic (exact) mass is 201 g/mol. The Morgan fingerprint density at radius 2 is 2.13 bits per heavy atom. The second-order valence-electron chi connectivity index (χ2n) is 3.66. The van der Waals surface area contributed by atoms with Gasteiger partial charge in [0.2, 0.25) is 0 Å². The van der Waals surface area contributed by atoms with Crippen LogP contribution in [-0.2, 0) is 6.54 Å². The molecule has 1 heterocycles. The molecule has 78 valence electrons. The van der Waals surface area contributed by atoms with Gasteiger partial charge in [-0.1, -0.05) is 6.07 Å². The van der Waals surface area contributed by atoms with Crippen molar-refractivity contribution >= 4 is 0 Å². The number of benzene rings is 1. The first-order valence-corrected chi connectivity index (χ1v) is 5.02. The Labute approximate surface area is 89.6 Å². The molecule has 3 nitrogen and oxygen atoms in total. The number of aromatic nitrogens is 2. The van der Waals surface area contributed by atoms with Crippen LogP contribution in [0.15, 0.2) is 30.6 Å². The summed E-state index contributed by atoms with van der Waals surface area (Å²) < 4.78 is 2.05. The van der Waals surface area contributed by atoms with Crippen LogP contribution in [0.3, 0.4) is 0 Å². The van der Waals surface area contributed by atoms with Crippen LogP contribution in [0.1, 0.15) is 17.0 Å². The molecule has 0 unspecified atom stereocenters. The minimum atomic E-state index is 0.577. The largest absolute Gasteiger partial charge is 0.326 e. The molecular weight excluding hydrogens is 186 g/mol. The third-order valence-corrected chi connectivity index (χ3v) is 2.66. The molecule has 0 aliphatic heterocycles. The molecule has 0 aliphatic carbocycles. The lowest BCUT2D eigenvalue weighted by molar-refractivity contribution is 0.960. The van der Waals surface area contributed by atoms with Gasteiger partial charge >= 0.3 is 0 Å². The predicted molar refractivity (Wildman–Crippen MR) is 60.9 cm³/mol. The second-order valence-corrected chi connectivity index (χ2v) is 3.66. The molecule has 3 heteroatoms. The first kappa shape index (κ1) is 9.93. The molecule has 0 saturated heterocycles. The van der Waals surface area contributed by atoms with Crippen LogP contribution in [0.5, 0.6) is 0 Å². The normalized spacial score (nSPS) is 10.6. The van der Waals surface area contributed by atoms with Crippen molar-refractivity contribution in [3.63, 3.8) is 0 Å². The minimum absolute atomic E-state index is 0.577. The summed E-state index contributed by atoms with van der Waals surface area (Å²) in [7, 11) is 0. The third-order valence-electron chi connectivity index (χ3n) is 2.66. The number of hydrogen-bond acceptors (Lipinski definition) is 2. The van der Waals surface area contributed by atoms with Gasteiger partial charge in [0.05, 0.1) is 0 Å². The van der Waals surface area contributed by atoms with Gasteiger partial charge in [-0.15, -0.1) is 0 Å². The Morgan fingerprint density at radius 1 is 1.33 bits per heavy atom. The molecule has 0 spiro atoms. The molecule has 0 aliphatic rings. The standard InChI is InChI=1S/C12H15N3/c1-9-3-4-12(7-11(9)8-13)15-6-5-14-10(15)2/h3-7H,8,13H2,1-2H3. The van der Waals surface area contributed by atoms with Crippen molar-refractivity contribution in [3.8, 4) is 5.69 Å². The topological polar surface area (TPSA) is 43.8 Å². The predicted octanol–water partition coefficient (Wildman–Crippen LogP) is 1.95. The van der Waals surface area contributed by atoms with E-state index in [0.717, 1.165) is 11.5 Å². The Morgan fingerprint density at radius 3 is 2.73 bits per heavy atom. The summed E-state index contributed by atoms with van der Waals surface area (Å²) in [5, 5.41) is 0. The average Bonchev–Trinajstić information content (AvgIpc) is 2.65. The van der Waals surface area contributed by atoms with E-state index in [0.29, 0.717) is 6.54 Å². The van der Waals surface area contributed by atoms with Gasteiger partial charge in [0.25, 0.3) is 0 Å². The lowest BCUT2D eigenvalue weighted by Gasteiger charge is -2.09. The van der Waals surface area contributed by atoms with Crippen molar-refractivity contribution in [2.45, 2.75) is 20.4 Å². The van der Waals surface area contributed by atoms with Gasteiger partial charge in [-0.05, 0) is 37.1 Å². The van der Waals surface area contributed by atoms with Gasteiger partial charge < -0.3 is 10.3 Å². The highest BCUT2D eigenvalue weighted by Gasteiger charge is 2.02. The maximum Gasteiger partial charge on any atom is 0.110 e. The fourth-order valence-electron chi connectivity index (χ4n) is 1.68. The molecular formula is C12H15N3. The fourth-order valence-corrected chi connectivity index (χ4v) is 1.68. The van der Waals surface area contributed by atoms with Gasteiger partial charge in [0.1, 0.15) is 5.82 Å². The van der Waals surface area contributed by atoms with E-state index in [1.54, 1.807) is 6.20 Å². The first-order chi connectivity index (χ1) is 7.22. The molecule has 2 N–H and O–H groups in total. The maximum atomic E-state index is 5.69. The van der Waals surface area contributed by atoms with Crippen molar-refractivity contribution in [3.05, 3.63) is 47.5 Å². The lowest BCUT2D eigenvalue weighted by Crippen LogP contribution is -2.02. The van der Waals surface area contributed by atoms with E-state index in [1.165, 1.54) is 11.1 Å². The summed E-state index contributed by atoms with van der Waals surface area (Å²) in [5.74, 6) is 0.988. The zero-order chi connectivity index (χ0) is 10.8. The summed E-state index contributed by atoms with van der Waals surface area (Å²) in [4.78, 5) is 4.20. The Kier molecular flexibility index (Phi) is 2.56. The van der Waals surface area contributed by atoms with Crippen molar-refractivity contribution in [2.24, 2.45) is 5.73 Å². The molecule has 0 saturated carbocycles. The highest BCUT2D eigenvalue weighted by Crippen LogP contribution is 2.15. The molecule has 2 rings (SSSR count). The highest BCUT2D eigenvalue weighted by atomic mass is 15.1. The number of hydrogen-bond donors (Lipinski definition) is 1. The van der Waals surface area contributed by atoms with Crippen LogP contribution in [-0.4, -0.2) is 9.55 Å². The van der Waals surface area contributed by atoms with Gasteiger partial charge in [0, 0.05) is 24.6 Å². The van der Waals surface area contributed by atoms with E-state index in [1.807, 2.05) is 13.1 Å². The number of imidazole rings is 1. The smallest absolute Gasteiger partial charge is 0.110 e.